The van der Waals surface area contributed by atoms with Crippen molar-refractivity contribution in [3.63, 3.8) is 0 Å². The molecular weight excluding hydrogens is 208 g/mol. The Morgan fingerprint density at radius 1 is 1.31 bits per heavy atom. The van der Waals surface area contributed by atoms with E-state index in [0.29, 0.717) is 18.4 Å². The summed E-state index contributed by atoms with van der Waals surface area (Å²) in [5.41, 5.74) is 0.0224. The minimum absolute atomic E-state index is 0.0340. The van der Waals surface area contributed by atoms with Crippen molar-refractivity contribution in [1.82, 2.24) is 0 Å². The second-order valence-corrected chi connectivity index (χ2v) is 4.52. The van der Waals surface area contributed by atoms with Gasteiger partial charge in [0.2, 0.25) is 0 Å². The Morgan fingerprint density at radius 3 is 2.25 bits per heavy atom. The van der Waals surface area contributed by atoms with Gasteiger partial charge in [-0.3, -0.25) is 4.79 Å². The lowest BCUT2D eigenvalue weighted by Gasteiger charge is -2.20. The maximum Gasteiger partial charge on any atom is 0.334 e. The van der Waals surface area contributed by atoms with Crippen LogP contribution in [0.3, 0.4) is 0 Å². The largest absolute Gasteiger partial charge is 0.481 e. The van der Waals surface area contributed by atoms with Crippen LogP contribution in [0.15, 0.2) is 11.6 Å². The van der Waals surface area contributed by atoms with E-state index in [1.54, 1.807) is 26.8 Å². The lowest BCUT2D eigenvalue weighted by atomic mass is 10.1. The fraction of sp³-hybridized carbons (Fsp3) is 0.667. The summed E-state index contributed by atoms with van der Waals surface area (Å²) in [6, 6.07) is 0. The van der Waals surface area contributed by atoms with Crippen LogP contribution in [0, 0.1) is 0 Å². The van der Waals surface area contributed by atoms with E-state index in [2.05, 4.69) is 0 Å². The molecule has 0 saturated heterocycles. The third-order valence-corrected chi connectivity index (χ3v) is 1.79. The van der Waals surface area contributed by atoms with Gasteiger partial charge in [-0.25, -0.2) is 4.79 Å². The van der Waals surface area contributed by atoms with E-state index in [4.69, 9.17) is 9.84 Å². The number of carboxylic acids is 1. The van der Waals surface area contributed by atoms with Gasteiger partial charge in [0.25, 0.3) is 0 Å². The van der Waals surface area contributed by atoms with Crippen molar-refractivity contribution in [2.24, 2.45) is 0 Å². The summed E-state index contributed by atoms with van der Waals surface area (Å²) in [4.78, 5) is 22.0. The highest BCUT2D eigenvalue weighted by Gasteiger charge is 2.18. The molecule has 0 aromatic rings. The average Bonchev–Trinajstić information content (AvgIpc) is 2.08. The number of carboxylic acid groups (broad SMARTS) is 1. The van der Waals surface area contributed by atoms with Crippen LogP contribution in [0.4, 0.5) is 0 Å². The first-order valence-corrected chi connectivity index (χ1v) is 5.40. The Balaban J connectivity index is 4.37. The van der Waals surface area contributed by atoms with Gasteiger partial charge < -0.3 is 9.84 Å². The van der Waals surface area contributed by atoms with Gasteiger partial charge in [0.1, 0.15) is 5.60 Å². The summed E-state index contributed by atoms with van der Waals surface area (Å²) < 4.78 is 5.19. The Bertz CT molecular complexity index is 284. The fourth-order valence-electron chi connectivity index (χ4n) is 1.09. The molecule has 0 spiro atoms. The van der Waals surface area contributed by atoms with Gasteiger partial charge >= 0.3 is 11.9 Å². The van der Waals surface area contributed by atoms with E-state index < -0.39 is 11.6 Å². The van der Waals surface area contributed by atoms with E-state index in [1.807, 2.05) is 6.92 Å². The molecule has 4 heteroatoms. The highest BCUT2D eigenvalue weighted by Crippen LogP contribution is 2.13. The van der Waals surface area contributed by atoms with Crippen LogP contribution in [-0.2, 0) is 14.3 Å². The summed E-state index contributed by atoms with van der Waals surface area (Å²) in [6.07, 6.45) is 2.58. The molecule has 16 heavy (non-hydrogen) atoms. The first-order chi connectivity index (χ1) is 7.26. The molecule has 0 saturated carbocycles. The normalized spacial score (nSPS) is 12.4. The van der Waals surface area contributed by atoms with Crippen LogP contribution < -0.4 is 0 Å². The predicted octanol–water partition coefficient (Wildman–Crippen LogP) is 2.53. The van der Waals surface area contributed by atoms with Gasteiger partial charge in [0, 0.05) is 12.0 Å². The molecule has 0 rings (SSSR count). The van der Waals surface area contributed by atoms with Gasteiger partial charge in [-0.2, -0.15) is 0 Å². The molecule has 0 atom stereocenters. The van der Waals surface area contributed by atoms with Crippen LogP contribution in [0.5, 0.6) is 0 Å². The Labute approximate surface area is 96.3 Å². The van der Waals surface area contributed by atoms with E-state index in [0.717, 1.165) is 0 Å². The van der Waals surface area contributed by atoms with Crippen molar-refractivity contribution < 1.29 is 19.4 Å². The van der Waals surface area contributed by atoms with Crippen molar-refractivity contribution in [3.8, 4) is 0 Å². The number of hydrogen-bond acceptors (Lipinski definition) is 3. The van der Waals surface area contributed by atoms with Crippen molar-refractivity contribution in [3.05, 3.63) is 11.6 Å². The number of aliphatic carboxylic acids is 1. The maximum atomic E-state index is 11.6. The smallest absolute Gasteiger partial charge is 0.334 e. The number of hydrogen-bond donors (Lipinski definition) is 1. The third-order valence-electron chi connectivity index (χ3n) is 1.79. The summed E-state index contributed by atoms with van der Waals surface area (Å²) in [5, 5.41) is 8.48. The molecular formula is C12H20O4. The summed E-state index contributed by atoms with van der Waals surface area (Å²) in [7, 11) is 0. The van der Waals surface area contributed by atoms with Crippen LogP contribution in [0.2, 0.25) is 0 Å². The van der Waals surface area contributed by atoms with Gasteiger partial charge in [0.15, 0.2) is 0 Å². The molecule has 0 fully saturated rings. The molecule has 0 aliphatic heterocycles. The third kappa shape index (κ3) is 7.04. The quantitative estimate of drug-likeness (QED) is 0.580. The molecule has 4 nitrogen and oxygen atoms in total. The lowest BCUT2D eigenvalue weighted by molar-refractivity contribution is -0.150. The van der Waals surface area contributed by atoms with Gasteiger partial charge in [0.05, 0.1) is 0 Å². The first-order valence-electron chi connectivity index (χ1n) is 5.40. The fourth-order valence-corrected chi connectivity index (χ4v) is 1.09. The molecule has 0 radical (unpaired) electrons. The highest BCUT2D eigenvalue weighted by atomic mass is 16.6. The van der Waals surface area contributed by atoms with E-state index in [1.165, 1.54) is 0 Å². The average molecular weight is 228 g/mol. The van der Waals surface area contributed by atoms with Crippen LogP contribution in [0.25, 0.3) is 0 Å². The van der Waals surface area contributed by atoms with Gasteiger partial charge in [-0.05, 0) is 33.6 Å². The molecule has 0 aliphatic rings. The second kappa shape index (κ2) is 6.30. The van der Waals surface area contributed by atoms with Crippen molar-refractivity contribution in [1.29, 1.82) is 0 Å². The molecule has 0 aromatic heterocycles. The van der Waals surface area contributed by atoms with E-state index in [-0.39, 0.29) is 12.4 Å². The highest BCUT2D eigenvalue weighted by molar-refractivity contribution is 5.88. The Hall–Kier alpha value is -1.32. The Morgan fingerprint density at radius 2 is 1.88 bits per heavy atom. The van der Waals surface area contributed by atoms with Crippen LogP contribution >= 0.6 is 0 Å². The number of carbonyl (C=O) groups excluding carboxylic acids is 1. The zero-order chi connectivity index (χ0) is 12.8. The van der Waals surface area contributed by atoms with Crippen molar-refractivity contribution in [2.75, 3.05) is 0 Å². The lowest BCUT2D eigenvalue weighted by Crippen LogP contribution is -2.24. The molecule has 0 aliphatic carbocycles. The van der Waals surface area contributed by atoms with Gasteiger partial charge in [-0.15, -0.1) is 0 Å². The second-order valence-electron chi connectivity index (χ2n) is 4.52. The minimum atomic E-state index is -0.865. The van der Waals surface area contributed by atoms with Gasteiger partial charge in [-0.1, -0.05) is 13.0 Å². The molecule has 0 amide bonds. The number of esters is 1. The molecule has 92 valence electrons. The maximum absolute atomic E-state index is 11.6. The summed E-state index contributed by atoms with van der Waals surface area (Å²) >= 11 is 0. The van der Waals surface area contributed by atoms with Crippen LogP contribution in [-0.4, -0.2) is 22.6 Å². The molecule has 0 aromatic carbocycles. The summed E-state index contributed by atoms with van der Waals surface area (Å²) in [6.45, 7) is 7.25. The number of carbonyl (C=O) groups is 2. The number of rotatable bonds is 5. The Kier molecular flexibility index (Phi) is 5.78. The minimum Gasteiger partial charge on any atom is -0.481 e. The molecule has 0 heterocycles. The van der Waals surface area contributed by atoms with E-state index >= 15 is 0 Å². The zero-order valence-corrected chi connectivity index (χ0v) is 10.4. The number of ether oxygens (including phenoxy) is 1. The van der Waals surface area contributed by atoms with Crippen molar-refractivity contribution in [2.45, 2.75) is 52.6 Å². The molecule has 1 N–H and O–H groups in total. The topological polar surface area (TPSA) is 63.6 Å². The summed E-state index contributed by atoms with van der Waals surface area (Å²) in [5.74, 6) is -1.23. The van der Waals surface area contributed by atoms with Crippen molar-refractivity contribution >= 4 is 11.9 Å². The molecule has 0 bridgehead atoms. The predicted molar refractivity (Wildman–Crippen MR) is 61.1 cm³/mol. The number of allylic oxidation sites excluding steroid dienone is 1. The molecule has 0 unspecified atom stereocenters. The standard InChI is InChI=1S/C12H20O4/c1-5-9(7-6-8-10(13)14)11(15)16-12(2,3)4/h7H,5-6,8H2,1-4H3,(H,13,14)/b9-7-. The zero-order valence-electron chi connectivity index (χ0n) is 10.4. The SMILES string of the molecule is CC/C(=C/CCC(=O)O)C(=O)OC(C)(C)C. The first kappa shape index (κ1) is 14.7. The monoisotopic (exact) mass is 228 g/mol. The van der Waals surface area contributed by atoms with E-state index in [9.17, 15) is 9.59 Å². The van der Waals surface area contributed by atoms with Crippen LogP contribution in [0.1, 0.15) is 47.0 Å².